The zero-order valence-corrected chi connectivity index (χ0v) is 13.7. The molecule has 5 heteroatoms. The van der Waals surface area contributed by atoms with E-state index in [1.807, 2.05) is 32.0 Å². The fourth-order valence-electron chi connectivity index (χ4n) is 2.95. The van der Waals surface area contributed by atoms with Gasteiger partial charge in [-0.3, -0.25) is 9.59 Å². The van der Waals surface area contributed by atoms with E-state index in [9.17, 15) is 14.0 Å². The van der Waals surface area contributed by atoms with Gasteiger partial charge in [0.2, 0.25) is 11.8 Å². The van der Waals surface area contributed by atoms with E-state index in [1.54, 1.807) is 4.90 Å². The highest BCUT2D eigenvalue weighted by molar-refractivity contribution is 6.13. The Kier molecular flexibility index (Phi) is 4.34. The number of nitrogens with one attached hydrogen (secondary N) is 1. The molecule has 1 fully saturated rings. The predicted molar refractivity (Wildman–Crippen MR) is 91.4 cm³/mol. The number of aryl methyl sites for hydroxylation is 1. The van der Waals surface area contributed by atoms with Gasteiger partial charge in [0, 0.05) is 17.9 Å². The monoisotopic (exact) mass is 326 g/mol. The fraction of sp³-hybridized carbons (Fsp3) is 0.263. The van der Waals surface area contributed by atoms with Crippen LogP contribution in [0.25, 0.3) is 0 Å². The molecule has 0 radical (unpaired) electrons. The van der Waals surface area contributed by atoms with Crippen LogP contribution < -0.4 is 10.2 Å². The lowest BCUT2D eigenvalue weighted by molar-refractivity contribution is -0.129. The Balaban J connectivity index is 1.75. The van der Waals surface area contributed by atoms with Crippen molar-refractivity contribution in [1.82, 2.24) is 0 Å². The molecule has 0 aromatic heterocycles. The number of nitrogens with zero attached hydrogens (tertiary/aromatic N) is 1. The van der Waals surface area contributed by atoms with E-state index in [2.05, 4.69) is 5.32 Å². The Morgan fingerprint density at radius 2 is 1.88 bits per heavy atom. The zero-order chi connectivity index (χ0) is 17.3. The molecule has 2 amide bonds. The van der Waals surface area contributed by atoms with E-state index < -0.39 is 5.92 Å². The van der Waals surface area contributed by atoms with E-state index >= 15 is 0 Å². The molecule has 1 N–H and O–H groups in total. The van der Waals surface area contributed by atoms with Gasteiger partial charge in [-0.05, 0) is 61.7 Å². The van der Waals surface area contributed by atoms with Crippen LogP contribution in [0.4, 0.5) is 15.8 Å². The number of anilines is 2. The molecule has 2 aromatic rings. The third-order valence-electron chi connectivity index (χ3n) is 4.50. The van der Waals surface area contributed by atoms with Crippen LogP contribution in [0.15, 0.2) is 42.5 Å². The number of benzene rings is 2. The van der Waals surface area contributed by atoms with Crippen molar-refractivity contribution >= 4 is 23.2 Å². The average molecular weight is 326 g/mol. The smallest absolute Gasteiger partial charge is 0.239 e. The number of carbonyl (C=O) groups is 2. The van der Waals surface area contributed by atoms with Crippen molar-refractivity contribution < 1.29 is 14.0 Å². The largest absolute Gasteiger partial charge is 0.325 e. The van der Waals surface area contributed by atoms with E-state index in [0.717, 1.165) is 16.8 Å². The van der Waals surface area contributed by atoms with Crippen molar-refractivity contribution in [2.24, 2.45) is 5.92 Å². The second-order valence-corrected chi connectivity index (χ2v) is 6.05. The number of hydrogen-bond donors (Lipinski definition) is 1. The molecule has 0 aliphatic carbocycles. The summed E-state index contributed by atoms with van der Waals surface area (Å²) in [4.78, 5) is 26.7. The first-order valence-electron chi connectivity index (χ1n) is 7.91. The highest BCUT2D eigenvalue weighted by atomic mass is 19.1. The maximum Gasteiger partial charge on any atom is 0.239 e. The molecule has 4 nitrogen and oxygen atoms in total. The molecule has 1 saturated heterocycles. The molecule has 3 rings (SSSR count). The van der Waals surface area contributed by atoms with Gasteiger partial charge in [0.15, 0.2) is 0 Å². The first kappa shape index (κ1) is 16.2. The minimum Gasteiger partial charge on any atom is -0.325 e. The van der Waals surface area contributed by atoms with E-state index in [-0.39, 0.29) is 17.6 Å². The minimum atomic E-state index is -0.713. The normalized spacial score (nSPS) is 17.2. The van der Waals surface area contributed by atoms with Gasteiger partial charge in [0.05, 0.1) is 0 Å². The van der Waals surface area contributed by atoms with Crippen molar-refractivity contribution in [2.45, 2.75) is 20.3 Å². The molecule has 0 bridgehead atoms. The Bertz CT molecular complexity index is 786. The Morgan fingerprint density at radius 1 is 1.17 bits per heavy atom. The molecule has 0 saturated carbocycles. The third kappa shape index (κ3) is 3.02. The summed E-state index contributed by atoms with van der Waals surface area (Å²) >= 11 is 0. The van der Waals surface area contributed by atoms with Crippen molar-refractivity contribution in [2.75, 3.05) is 16.8 Å². The van der Waals surface area contributed by atoms with Crippen LogP contribution >= 0.6 is 0 Å². The molecule has 1 aliphatic heterocycles. The maximum atomic E-state index is 12.9. The molecule has 1 atom stereocenters. The van der Waals surface area contributed by atoms with Crippen molar-refractivity contribution in [3.8, 4) is 0 Å². The van der Waals surface area contributed by atoms with Crippen LogP contribution in [0.2, 0.25) is 0 Å². The summed E-state index contributed by atoms with van der Waals surface area (Å²) in [6.45, 7) is 4.49. The van der Waals surface area contributed by atoms with Crippen LogP contribution in [-0.2, 0) is 9.59 Å². The lowest BCUT2D eigenvalue weighted by Gasteiger charge is -2.20. The average Bonchev–Trinajstić information content (AvgIpc) is 2.94. The summed E-state index contributed by atoms with van der Waals surface area (Å²) in [5, 5.41) is 2.69. The van der Waals surface area contributed by atoms with Crippen LogP contribution in [0.5, 0.6) is 0 Å². The predicted octanol–water partition coefficient (Wildman–Crippen LogP) is 3.43. The van der Waals surface area contributed by atoms with E-state index in [0.29, 0.717) is 18.7 Å². The molecule has 1 aliphatic rings. The summed E-state index contributed by atoms with van der Waals surface area (Å²) < 4.78 is 12.9. The summed E-state index contributed by atoms with van der Waals surface area (Å²) in [7, 11) is 0. The second kappa shape index (κ2) is 6.43. The van der Waals surface area contributed by atoms with Gasteiger partial charge >= 0.3 is 0 Å². The molecule has 1 unspecified atom stereocenters. The SMILES string of the molecule is Cc1cccc(N2CCC(C(=O)Nc3ccc(F)cc3)C2=O)c1C. The molecule has 1 heterocycles. The van der Waals surface area contributed by atoms with Crippen LogP contribution in [0, 0.1) is 25.6 Å². The zero-order valence-electron chi connectivity index (χ0n) is 13.7. The highest BCUT2D eigenvalue weighted by Gasteiger charge is 2.38. The number of amides is 2. The van der Waals surface area contributed by atoms with Crippen LogP contribution in [0.3, 0.4) is 0 Å². The van der Waals surface area contributed by atoms with Gasteiger partial charge in [-0.1, -0.05) is 12.1 Å². The standard InChI is InChI=1S/C19H19FN2O2/c1-12-4-3-5-17(13(12)2)22-11-10-16(19(22)24)18(23)21-15-8-6-14(20)7-9-15/h3-9,16H,10-11H2,1-2H3,(H,21,23). The highest BCUT2D eigenvalue weighted by Crippen LogP contribution is 2.30. The van der Waals surface area contributed by atoms with E-state index in [1.165, 1.54) is 24.3 Å². The number of carbonyl (C=O) groups excluding carboxylic acids is 2. The first-order valence-corrected chi connectivity index (χ1v) is 7.91. The number of rotatable bonds is 3. The summed E-state index contributed by atoms with van der Waals surface area (Å²) in [6, 6.07) is 11.3. The van der Waals surface area contributed by atoms with Crippen molar-refractivity contribution in [1.29, 1.82) is 0 Å². The maximum absolute atomic E-state index is 12.9. The summed E-state index contributed by atoms with van der Waals surface area (Å²) in [5.41, 5.74) is 3.50. The summed E-state index contributed by atoms with van der Waals surface area (Å²) in [6.07, 6.45) is 0.471. The molecular formula is C19H19FN2O2. The van der Waals surface area contributed by atoms with Gasteiger partial charge in [0.1, 0.15) is 11.7 Å². The lowest BCUT2D eigenvalue weighted by Crippen LogP contribution is -2.33. The molecule has 0 spiro atoms. The first-order chi connectivity index (χ1) is 11.5. The quantitative estimate of drug-likeness (QED) is 0.879. The second-order valence-electron chi connectivity index (χ2n) is 6.05. The molecule has 124 valence electrons. The Labute approximate surface area is 140 Å². The van der Waals surface area contributed by atoms with Gasteiger partial charge in [-0.15, -0.1) is 0 Å². The molecular weight excluding hydrogens is 307 g/mol. The number of halogens is 1. The van der Waals surface area contributed by atoms with Gasteiger partial charge in [-0.25, -0.2) is 4.39 Å². The van der Waals surface area contributed by atoms with Gasteiger partial charge in [-0.2, -0.15) is 0 Å². The fourth-order valence-corrected chi connectivity index (χ4v) is 2.95. The van der Waals surface area contributed by atoms with Crippen molar-refractivity contribution in [3.63, 3.8) is 0 Å². The molecule has 24 heavy (non-hydrogen) atoms. The molecule has 2 aromatic carbocycles. The van der Waals surface area contributed by atoms with Crippen molar-refractivity contribution in [3.05, 3.63) is 59.4 Å². The van der Waals surface area contributed by atoms with Gasteiger partial charge in [0.25, 0.3) is 0 Å². The van der Waals surface area contributed by atoms with Crippen LogP contribution in [0.1, 0.15) is 17.5 Å². The summed E-state index contributed by atoms with van der Waals surface area (Å²) in [5.74, 6) is -1.62. The number of hydrogen-bond acceptors (Lipinski definition) is 2. The lowest BCUT2D eigenvalue weighted by atomic mass is 10.1. The minimum absolute atomic E-state index is 0.191. The third-order valence-corrected chi connectivity index (χ3v) is 4.50. The Morgan fingerprint density at radius 3 is 2.58 bits per heavy atom. The van der Waals surface area contributed by atoms with Gasteiger partial charge < -0.3 is 10.2 Å². The Hall–Kier alpha value is -2.69. The topological polar surface area (TPSA) is 49.4 Å². The van der Waals surface area contributed by atoms with Crippen LogP contribution in [-0.4, -0.2) is 18.4 Å². The van der Waals surface area contributed by atoms with E-state index in [4.69, 9.17) is 0 Å².